The van der Waals surface area contributed by atoms with E-state index in [-0.39, 0.29) is 11.8 Å². The van der Waals surface area contributed by atoms with Crippen LogP contribution in [0.25, 0.3) is 11.0 Å². The lowest BCUT2D eigenvalue weighted by molar-refractivity contribution is 0.385. The van der Waals surface area contributed by atoms with Crippen molar-refractivity contribution in [3.8, 4) is 5.75 Å². The second kappa shape index (κ2) is 5.55. The van der Waals surface area contributed by atoms with E-state index >= 15 is 0 Å². The van der Waals surface area contributed by atoms with Gasteiger partial charge in [-0.25, -0.2) is 9.82 Å². The van der Waals surface area contributed by atoms with Crippen molar-refractivity contribution in [2.75, 3.05) is 7.11 Å². The Morgan fingerprint density at radius 1 is 1.24 bits per heavy atom. The van der Waals surface area contributed by atoms with E-state index in [9.17, 15) is 4.39 Å². The predicted molar refractivity (Wildman–Crippen MR) is 78.3 cm³/mol. The number of nitrogens with one attached hydrogen (secondary N) is 1. The smallest absolute Gasteiger partial charge is 0.165 e. The first-order chi connectivity index (χ1) is 10.2. The highest BCUT2D eigenvalue weighted by molar-refractivity contribution is 5.81. The highest BCUT2D eigenvalue weighted by Crippen LogP contribution is 2.31. The summed E-state index contributed by atoms with van der Waals surface area (Å²) in [5, 5.41) is 0.941. The summed E-state index contributed by atoms with van der Waals surface area (Å²) in [6.45, 7) is 0. The number of halogens is 1. The Kier molecular flexibility index (Phi) is 3.60. The molecule has 0 aliphatic rings. The van der Waals surface area contributed by atoms with Gasteiger partial charge in [-0.2, -0.15) is 0 Å². The molecule has 4 nitrogen and oxygen atoms in total. The number of hydrogen-bond acceptors (Lipinski definition) is 4. The van der Waals surface area contributed by atoms with Gasteiger partial charge in [0.05, 0.1) is 19.4 Å². The second-order valence-electron chi connectivity index (χ2n) is 4.68. The fourth-order valence-corrected chi connectivity index (χ4v) is 2.45. The Morgan fingerprint density at radius 3 is 2.76 bits per heavy atom. The number of benzene rings is 2. The van der Waals surface area contributed by atoms with Gasteiger partial charge in [-0.15, -0.1) is 0 Å². The van der Waals surface area contributed by atoms with Crippen LogP contribution in [0.15, 0.2) is 53.1 Å². The van der Waals surface area contributed by atoms with Crippen molar-refractivity contribution in [2.45, 2.75) is 6.04 Å². The molecule has 1 aromatic heterocycles. The normalized spacial score (nSPS) is 12.5. The summed E-state index contributed by atoms with van der Waals surface area (Å²) in [5.41, 5.74) is 5.03. The van der Waals surface area contributed by atoms with Crippen LogP contribution in [0.4, 0.5) is 4.39 Å². The SMILES string of the molecule is COc1ccc(C(NN)c2coc3ccccc23)cc1F. The number of ether oxygens (including phenoxy) is 1. The summed E-state index contributed by atoms with van der Waals surface area (Å²) in [5.74, 6) is 5.44. The molecule has 3 N–H and O–H groups in total. The summed E-state index contributed by atoms with van der Waals surface area (Å²) in [7, 11) is 1.43. The average Bonchev–Trinajstić information content (AvgIpc) is 2.93. The van der Waals surface area contributed by atoms with Crippen LogP contribution in [0, 0.1) is 5.82 Å². The molecule has 3 aromatic rings. The van der Waals surface area contributed by atoms with E-state index in [4.69, 9.17) is 15.0 Å². The second-order valence-corrected chi connectivity index (χ2v) is 4.68. The lowest BCUT2D eigenvalue weighted by Crippen LogP contribution is -2.28. The van der Waals surface area contributed by atoms with Gasteiger partial charge in [-0.3, -0.25) is 5.84 Å². The first-order valence-electron chi connectivity index (χ1n) is 6.50. The van der Waals surface area contributed by atoms with Gasteiger partial charge in [0.1, 0.15) is 5.58 Å². The van der Waals surface area contributed by atoms with Gasteiger partial charge in [0.15, 0.2) is 11.6 Å². The zero-order chi connectivity index (χ0) is 14.8. The Balaban J connectivity index is 2.08. The first kappa shape index (κ1) is 13.6. The molecule has 21 heavy (non-hydrogen) atoms. The summed E-state index contributed by atoms with van der Waals surface area (Å²) in [4.78, 5) is 0. The monoisotopic (exact) mass is 286 g/mol. The van der Waals surface area contributed by atoms with Crippen molar-refractivity contribution in [1.82, 2.24) is 5.43 Å². The topological polar surface area (TPSA) is 60.4 Å². The van der Waals surface area contributed by atoms with Gasteiger partial charge < -0.3 is 9.15 Å². The minimum absolute atomic E-state index is 0.201. The third kappa shape index (κ3) is 2.37. The maximum atomic E-state index is 13.9. The zero-order valence-electron chi connectivity index (χ0n) is 11.5. The van der Waals surface area contributed by atoms with Gasteiger partial charge in [0.25, 0.3) is 0 Å². The molecular weight excluding hydrogens is 271 g/mol. The van der Waals surface area contributed by atoms with E-state index in [2.05, 4.69) is 5.43 Å². The molecule has 0 saturated carbocycles. The van der Waals surface area contributed by atoms with E-state index in [1.165, 1.54) is 13.2 Å². The fraction of sp³-hybridized carbons (Fsp3) is 0.125. The number of hydrogen-bond donors (Lipinski definition) is 2. The molecule has 0 aliphatic carbocycles. The van der Waals surface area contributed by atoms with Crippen LogP contribution < -0.4 is 16.0 Å². The summed E-state index contributed by atoms with van der Waals surface area (Å²) in [6.07, 6.45) is 1.64. The Labute approximate surface area is 121 Å². The Morgan fingerprint density at radius 2 is 2.05 bits per heavy atom. The molecule has 1 atom stereocenters. The van der Waals surface area contributed by atoms with Crippen LogP contribution in [-0.2, 0) is 0 Å². The molecule has 1 unspecified atom stereocenters. The van der Waals surface area contributed by atoms with Gasteiger partial charge >= 0.3 is 0 Å². The summed E-state index contributed by atoms with van der Waals surface area (Å²) < 4.78 is 24.3. The van der Waals surface area contributed by atoms with Crippen LogP contribution in [-0.4, -0.2) is 7.11 Å². The zero-order valence-corrected chi connectivity index (χ0v) is 11.5. The van der Waals surface area contributed by atoms with Crippen molar-refractivity contribution in [3.63, 3.8) is 0 Å². The Hall–Kier alpha value is -2.37. The van der Waals surface area contributed by atoms with Crippen LogP contribution in [0.3, 0.4) is 0 Å². The van der Waals surface area contributed by atoms with E-state index in [0.29, 0.717) is 5.56 Å². The van der Waals surface area contributed by atoms with Gasteiger partial charge in [-0.05, 0) is 23.8 Å². The number of rotatable bonds is 4. The van der Waals surface area contributed by atoms with Crippen molar-refractivity contribution in [3.05, 3.63) is 65.7 Å². The predicted octanol–water partition coefficient (Wildman–Crippen LogP) is 3.13. The number of fused-ring (bicyclic) bond motifs is 1. The molecule has 0 radical (unpaired) electrons. The molecule has 108 valence electrons. The van der Waals surface area contributed by atoms with Crippen molar-refractivity contribution in [1.29, 1.82) is 0 Å². The molecule has 0 amide bonds. The molecule has 0 aliphatic heterocycles. The molecule has 1 heterocycles. The number of methoxy groups -OCH3 is 1. The van der Waals surface area contributed by atoms with Crippen molar-refractivity contribution in [2.24, 2.45) is 5.84 Å². The van der Waals surface area contributed by atoms with Gasteiger partial charge in [0, 0.05) is 10.9 Å². The quantitative estimate of drug-likeness (QED) is 0.571. The van der Waals surface area contributed by atoms with Gasteiger partial charge in [0.2, 0.25) is 0 Å². The molecule has 0 bridgehead atoms. The minimum atomic E-state index is -0.428. The number of furan rings is 1. The third-order valence-electron chi connectivity index (χ3n) is 3.50. The van der Waals surface area contributed by atoms with Crippen molar-refractivity contribution >= 4 is 11.0 Å². The van der Waals surface area contributed by atoms with Crippen LogP contribution in [0.1, 0.15) is 17.2 Å². The maximum Gasteiger partial charge on any atom is 0.165 e. The highest BCUT2D eigenvalue weighted by atomic mass is 19.1. The van der Waals surface area contributed by atoms with Crippen LogP contribution in [0.2, 0.25) is 0 Å². The molecule has 0 fully saturated rings. The maximum absolute atomic E-state index is 13.9. The third-order valence-corrected chi connectivity index (χ3v) is 3.50. The fourth-order valence-electron chi connectivity index (χ4n) is 2.45. The van der Waals surface area contributed by atoms with E-state index in [1.54, 1.807) is 18.4 Å². The molecule has 0 saturated heterocycles. The Bertz CT molecular complexity index is 770. The molecule has 5 heteroatoms. The van der Waals surface area contributed by atoms with E-state index < -0.39 is 5.82 Å². The summed E-state index contributed by atoms with van der Waals surface area (Å²) >= 11 is 0. The highest BCUT2D eigenvalue weighted by Gasteiger charge is 2.19. The minimum Gasteiger partial charge on any atom is -0.494 e. The summed E-state index contributed by atoms with van der Waals surface area (Å²) in [6, 6.07) is 12.0. The lowest BCUT2D eigenvalue weighted by Gasteiger charge is -2.16. The van der Waals surface area contributed by atoms with Crippen LogP contribution >= 0.6 is 0 Å². The number of para-hydroxylation sites is 1. The standard InChI is InChI=1S/C16H15FN2O2/c1-20-15-7-6-10(8-13(15)17)16(19-18)12-9-21-14-5-3-2-4-11(12)14/h2-9,16,19H,18H2,1H3. The largest absolute Gasteiger partial charge is 0.494 e. The van der Waals surface area contributed by atoms with Crippen molar-refractivity contribution < 1.29 is 13.5 Å². The number of hydrazine groups is 1. The first-order valence-corrected chi connectivity index (χ1v) is 6.50. The molecular formula is C16H15FN2O2. The molecule has 2 aromatic carbocycles. The van der Waals surface area contributed by atoms with E-state index in [1.807, 2.05) is 24.3 Å². The molecule has 0 spiro atoms. The van der Waals surface area contributed by atoms with Gasteiger partial charge in [-0.1, -0.05) is 24.3 Å². The van der Waals surface area contributed by atoms with Crippen LogP contribution in [0.5, 0.6) is 5.75 Å². The lowest BCUT2D eigenvalue weighted by atomic mass is 9.98. The average molecular weight is 286 g/mol. The molecule has 3 rings (SSSR count). The number of nitrogens with two attached hydrogens (primary N) is 1. The van der Waals surface area contributed by atoms with E-state index in [0.717, 1.165) is 16.5 Å².